The van der Waals surface area contributed by atoms with Crippen molar-refractivity contribution in [2.24, 2.45) is 0 Å². The van der Waals surface area contributed by atoms with Crippen LogP contribution in [0.15, 0.2) is 0 Å². The van der Waals surface area contributed by atoms with Gasteiger partial charge in [0.1, 0.15) is 6.29 Å². The van der Waals surface area contributed by atoms with Gasteiger partial charge >= 0.3 is 0 Å². The molecule has 0 rings (SSSR count). The van der Waals surface area contributed by atoms with Crippen molar-refractivity contribution in [1.29, 1.82) is 0 Å². The van der Waals surface area contributed by atoms with Gasteiger partial charge in [-0.1, -0.05) is 64.2 Å². The van der Waals surface area contributed by atoms with Gasteiger partial charge in [-0.15, -0.1) is 0 Å². The molecule has 0 heterocycles. The zero-order valence-electron chi connectivity index (χ0n) is 17.6. The first kappa shape index (κ1) is 24.6. The van der Waals surface area contributed by atoms with Crippen LogP contribution >= 0.6 is 0 Å². The molecule has 0 spiro atoms. The molecule has 0 aromatic heterocycles. The minimum Gasteiger partial charge on any atom is -0.348 e. The summed E-state index contributed by atoms with van der Waals surface area (Å²) in [5.74, 6) is -0.485. The van der Waals surface area contributed by atoms with Gasteiger partial charge < -0.3 is 14.3 Å². The van der Waals surface area contributed by atoms with Gasteiger partial charge in [0.2, 0.25) is 0 Å². The van der Waals surface area contributed by atoms with Crippen LogP contribution in [0.1, 0.15) is 118 Å². The van der Waals surface area contributed by atoms with E-state index < -0.39 is 5.79 Å². The summed E-state index contributed by atoms with van der Waals surface area (Å²) in [6.45, 7) is 10.3. The lowest BCUT2D eigenvalue weighted by atomic mass is 10.0. The predicted molar refractivity (Wildman–Crippen MR) is 107 cm³/mol. The second-order valence-electron chi connectivity index (χ2n) is 8.13. The molecule has 0 aliphatic carbocycles. The lowest BCUT2D eigenvalue weighted by Gasteiger charge is -2.31. The summed E-state index contributed by atoms with van der Waals surface area (Å²) in [7, 11) is 0. The normalized spacial score (nSPS) is 13.4. The average molecular weight is 357 g/mol. The first-order chi connectivity index (χ1) is 11.9. The van der Waals surface area contributed by atoms with Crippen molar-refractivity contribution in [3.8, 4) is 0 Å². The van der Waals surface area contributed by atoms with Crippen LogP contribution in [-0.4, -0.2) is 24.3 Å². The topological polar surface area (TPSA) is 35.5 Å². The number of carbonyl (C=O) groups is 1. The summed E-state index contributed by atoms with van der Waals surface area (Å²) >= 11 is 0. The maximum absolute atomic E-state index is 10.2. The summed E-state index contributed by atoms with van der Waals surface area (Å²) in [6.07, 6.45) is 17.6. The second-order valence-corrected chi connectivity index (χ2v) is 8.13. The third-order valence-electron chi connectivity index (χ3n) is 4.44. The van der Waals surface area contributed by atoms with Crippen LogP contribution in [0.3, 0.4) is 0 Å². The van der Waals surface area contributed by atoms with Gasteiger partial charge in [0.25, 0.3) is 0 Å². The van der Waals surface area contributed by atoms with Gasteiger partial charge in [0.05, 0.1) is 12.2 Å². The number of hydrogen-bond donors (Lipinski definition) is 0. The van der Waals surface area contributed by atoms with Crippen molar-refractivity contribution >= 4 is 6.29 Å². The van der Waals surface area contributed by atoms with Crippen molar-refractivity contribution < 1.29 is 14.3 Å². The second kappa shape index (κ2) is 15.8. The van der Waals surface area contributed by atoms with Crippen LogP contribution in [0.25, 0.3) is 0 Å². The average Bonchev–Trinajstić information content (AvgIpc) is 2.50. The number of aldehydes is 1. The molecule has 0 N–H and O–H groups in total. The molecular formula is C22H44O3. The van der Waals surface area contributed by atoms with E-state index in [4.69, 9.17) is 9.47 Å². The lowest BCUT2D eigenvalue weighted by molar-refractivity contribution is -0.250. The van der Waals surface area contributed by atoms with E-state index in [0.717, 1.165) is 25.5 Å². The first-order valence-corrected chi connectivity index (χ1v) is 10.7. The van der Waals surface area contributed by atoms with Gasteiger partial charge in [-0.3, -0.25) is 0 Å². The summed E-state index contributed by atoms with van der Waals surface area (Å²) in [5, 5.41) is 0. The van der Waals surface area contributed by atoms with E-state index in [0.29, 0.717) is 0 Å². The Kier molecular flexibility index (Phi) is 15.6. The molecule has 0 radical (unpaired) electrons. The van der Waals surface area contributed by atoms with E-state index in [-0.39, 0.29) is 12.2 Å². The van der Waals surface area contributed by atoms with E-state index in [1.54, 1.807) is 0 Å². The molecule has 0 saturated carbocycles. The lowest BCUT2D eigenvalue weighted by Crippen LogP contribution is -2.34. The van der Waals surface area contributed by atoms with Crippen molar-refractivity contribution in [2.45, 2.75) is 136 Å². The van der Waals surface area contributed by atoms with Crippen LogP contribution in [0.4, 0.5) is 0 Å². The maximum Gasteiger partial charge on any atom is 0.163 e. The van der Waals surface area contributed by atoms with Crippen LogP contribution in [0.2, 0.25) is 0 Å². The Bertz CT molecular complexity index is 300. The maximum atomic E-state index is 10.2. The third-order valence-corrected chi connectivity index (χ3v) is 4.44. The summed E-state index contributed by atoms with van der Waals surface area (Å²) in [4.78, 5) is 10.2. The van der Waals surface area contributed by atoms with Gasteiger partial charge in [0.15, 0.2) is 5.79 Å². The molecule has 0 aliphatic heterocycles. The molecule has 0 fully saturated rings. The Labute approximate surface area is 157 Å². The molecule has 0 amide bonds. The Morgan fingerprint density at radius 2 is 1.16 bits per heavy atom. The quantitative estimate of drug-likeness (QED) is 0.153. The molecule has 0 saturated heterocycles. The zero-order valence-corrected chi connectivity index (χ0v) is 17.6. The molecule has 3 heteroatoms. The molecule has 0 aromatic carbocycles. The largest absolute Gasteiger partial charge is 0.348 e. The Morgan fingerprint density at radius 1 is 0.720 bits per heavy atom. The molecule has 1 unspecified atom stereocenters. The molecule has 25 heavy (non-hydrogen) atoms. The minimum absolute atomic E-state index is 0.193. The zero-order chi connectivity index (χ0) is 19.0. The van der Waals surface area contributed by atoms with E-state index in [9.17, 15) is 4.79 Å². The number of rotatable bonds is 18. The van der Waals surface area contributed by atoms with Crippen LogP contribution in [0.5, 0.6) is 0 Å². The van der Waals surface area contributed by atoms with Gasteiger partial charge in [-0.25, -0.2) is 0 Å². The number of carbonyl (C=O) groups excluding carboxylic acids is 1. The highest BCUT2D eigenvalue weighted by Crippen LogP contribution is 2.20. The number of hydrogen-bond acceptors (Lipinski definition) is 3. The molecular weight excluding hydrogens is 312 g/mol. The van der Waals surface area contributed by atoms with Crippen LogP contribution in [-0.2, 0) is 14.3 Å². The fourth-order valence-corrected chi connectivity index (χ4v) is 3.39. The van der Waals surface area contributed by atoms with Crippen molar-refractivity contribution in [2.75, 3.05) is 0 Å². The van der Waals surface area contributed by atoms with E-state index in [1.807, 2.05) is 27.7 Å². The van der Waals surface area contributed by atoms with Gasteiger partial charge in [-0.2, -0.15) is 0 Å². The fourth-order valence-electron chi connectivity index (χ4n) is 3.39. The first-order valence-electron chi connectivity index (χ1n) is 10.7. The highest BCUT2D eigenvalue weighted by atomic mass is 16.7. The molecule has 3 nitrogen and oxygen atoms in total. The summed E-state index contributed by atoms with van der Waals surface area (Å²) in [6, 6.07) is 0. The molecule has 0 aromatic rings. The van der Waals surface area contributed by atoms with E-state index in [1.165, 1.54) is 64.2 Å². The SMILES string of the molecule is CC(C)OC(C)(C)OC(C)CCCCCCCCCCCCCC=O. The van der Waals surface area contributed by atoms with Crippen LogP contribution < -0.4 is 0 Å². The van der Waals surface area contributed by atoms with Crippen molar-refractivity contribution in [3.63, 3.8) is 0 Å². The Balaban J connectivity index is 3.36. The molecule has 0 bridgehead atoms. The molecule has 150 valence electrons. The fraction of sp³-hybridized carbons (Fsp3) is 0.955. The Morgan fingerprint density at radius 3 is 1.60 bits per heavy atom. The smallest absolute Gasteiger partial charge is 0.163 e. The van der Waals surface area contributed by atoms with Crippen LogP contribution in [0, 0.1) is 0 Å². The van der Waals surface area contributed by atoms with E-state index in [2.05, 4.69) is 6.92 Å². The van der Waals surface area contributed by atoms with Crippen molar-refractivity contribution in [1.82, 2.24) is 0 Å². The van der Waals surface area contributed by atoms with Gasteiger partial charge in [0, 0.05) is 6.42 Å². The number of ether oxygens (including phenoxy) is 2. The number of unbranched alkanes of at least 4 members (excludes halogenated alkanes) is 11. The van der Waals surface area contributed by atoms with E-state index >= 15 is 0 Å². The minimum atomic E-state index is -0.485. The standard InChI is InChI=1S/C22H44O3/c1-20(2)24-22(4,5)25-21(3)18-16-14-12-10-8-6-7-9-11-13-15-17-19-23/h19-21H,6-18H2,1-5H3. The molecule has 0 aliphatic rings. The third kappa shape index (κ3) is 18.2. The molecule has 1 atom stereocenters. The Hall–Kier alpha value is -0.410. The highest BCUT2D eigenvalue weighted by Gasteiger charge is 2.23. The summed E-state index contributed by atoms with van der Waals surface area (Å²) in [5.41, 5.74) is 0. The monoisotopic (exact) mass is 356 g/mol. The van der Waals surface area contributed by atoms with Crippen molar-refractivity contribution in [3.05, 3.63) is 0 Å². The van der Waals surface area contributed by atoms with Gasteiger partial charge in [-0.05, 0) is 47.5 Å². The predicted octanol–water partition coefficient (Wildman–Crippen LogP) is 6.82. The summed E-state index contributed by atoms with van der Waals surface area (Å²) < 4.78 is 11.8. The highest BCUT2D eigenvalue weighted by molar-refractivity contribution is 5.48.